The number of hydrogen-bond acceptors (Lipinski definition) is 4. The lowest BCUT2D eigenvalue weighted by Crippen LogP contribution is -2.40. The summed E-state index contributed by atoms with van der Waals surface area (Å²) >= 11 is 0. The Morgan fingerprint density at radius 2 is 1.70 bits per heavy atom. The fraction of sp³-hybridized carbons (Fsp3) is 0.316. The summed E-state index contributed by atoms with van der Waals surface area (Å²) < 4.78 is 43.5. The van der Waals surface area contributed by atoms with Crippen molar-refractivity contribution in [2.75, 3.05) is 17.1 Å². The highest BCUT2D eigenvalue weighted by Crippen LogP contribution is 2.18. The molecule has 2 aromatic rings. The maximum Gasteiger partial charge on any atom is 0.241 e. The lowest BCUT2D eigenvalue weighted by Gasteiger charge is -2.21. The predicted molar refractivity (Wildman–Crippen MR) is 103 cm³/mol. The van der Waals surface area contributed by atoms with Crippen LogP contribution in [0.1, 0.15) is 19.4 Å². The Balaban J connectivity index is 1.98. The van der Waals surface area contributed by atoms with Gasteiger partial charge in [0, 0.05) is 6.54 Å². The third-order valence-electron chi connectivity index (χ3n) is 3.59. The van der Waals surface area contributed by atoms with E-state index in [2.05, 4.69) is 5.32 Å². The van der Waals surface area contributed by atoms with Gasteiger partial charge in [-0.3, -0.25) is 9.10 Å². The molecular weight excluding hydrogens is 371 g/mol. The summed E-state index contributed by atoms with van der Waals surface area (Å²) in [5.41, 5.74) is 1.08. The van der Waals surface area contributed by atoms with Gasteiger partial charge in [-0.1, -0.05) is 12.1 Å². The van der Waals surface area contributed by atoms with Crippen molar-refractivity contribution in [2.24, 2.45) is 0 Å². The van der Waals surface area contributed by atoms with E-state index in [4.69, 9.17) is 4.74 Å². The zero-order valence-corrected chi connectivity index (χ0v) is 16.3. The largest absolute Gasteiger partial charge is 0.491 e. The Labute approximate surface area is 159 Å². The van der Waals surface area contributed by atoms with Gasteiger partial charge in [0.05, 0.1) is 18.0 Å². The zero-order chi connectivity index (χ0) is 20.0. The van der Waals surface area contributed by atoms with Crippen LogP contribution in [0, 0.1) is 5.82 Å². The highest BCUT2D eigenvalue weighted by atomic mass is 32.2. The number of benzene rings is 2. The first kappa shape index (κ1) is 20.7. The Bertz CT molecular complexity index is 866. The molecule has 0 spiro atoms. The van der Waals surface area contributed by atoms with Crippen LogP contribution in [0.5, 0.6) is 5.75 Å². The number of halogens is 1. The van der Waals surface area contributed by atoms with Gasteiger partial charge < -0.3 is 10.1 Å². The SMILES string of the molecule is CC(C)Oc1ccc(CNC(=O)CN(c2ccc(F)cc2)S(C)(=O)=O)cc1. The summed E-state index contributed by atoms with van der Waals surface area (Å²) in [6.45, 7) is 3.73. The number of sulfonamides is 1. The molecule has 0 heterocycles. The topological polar surface area (TPSA) is 75.7 Å². The summed E-state index contributed by atoms with van der Waals surface area (Å²) in [5, 5.41) is 2.68. The van der Waals surface area contributed by atoms with Gasteiger partial charge in [0.15, 0.2) is 0 Å². The second-order valence-electron chi connectivity index (χ2n) is 6.33. The molecule has 146 valence electrons. The predicted octanol–water partition coefficient (Wildman–Crippen LogP) is 2.70. The van der Waals surface area contributed by atoms with E-state index in [0.717, 1.165) is 34.0 Å². The molecule has 0 bridgehead atoms. The molecule has 1 N–H and O–H groups in total. The van der Waals surface area contributed by atoms with Gasteiger partial charge in [-0.25, -0.2) is 12.8 Å². The summed E-state index contributed by atoms with van der Waals surface area (Å²) in [6.07, 6.45) is 1.07. The van der Waals surface area contributed by atoms with E-state index in [1.54, 1.807) is 0 Å². The number of hydrogen-bond donors (Lipinski definition) is 1. The normalized spacial score (nSPS) is 11.3. The molecule has 0 aromatic heterocycles. The van der Waals surface area contributed by atoms with Crippen LogP contribution in [-0.4, -0.2) is 33.2 Å². The molecule has 0 radical (unpaired) electrons. The van der Waals surface area contributed by atoms with E-state index in [1.807, 2.05) is 38.1 Å². The summed E-state index contributed by atoms with van der Waals surface area (Å²) in [7, 11) is -3.69. The van der Waals surface area contributed by atoms with Gasteiger partial charge in [-0.2, -0.15) is 0 Å². The average Bonchev–Trinajstić information content (AvgIpc) is 2.58. The van der Waals surface area contributed by atoms with Crippen molar-refractivity contribution in [2.45, 2.75) is 26.5 Å². The highest BCUT2D eigenvalue weighted by Gasteiger charge is 2.20. The molecule has 27 heavy (non-hydrogen) atoms. The van der Waals surface area contributed by atoms with Gasteiger partial charge in [0.1, 0.15) is 18.1 Å². The molecule has 0 fully saturated rings. The van der Waals surface area contributed by atoms with Crippen molar-refractivity contribution in [1.82, 2.24) is 5.32 Å². The third kappa shape index (κ3) is 6.56. The van der Waals surface area contributed by atoms with Crippen LogP contribution in [0.4, 0.5) is 10.1 Å². The van der Waals surface area contributed by atoms with Crippen molar-refractivity contribution in [3.05, 3.63) is 59.9 Å². The summed E-state index contributed by atoms with van der Waals surface area (Å²) in [6, 6.07) is 12.2. The molecule has 0 aliphatic carbocycles. The van der Waals surface area contributed by atoms with Crippen LogP contribution < -0.4 is 14.4 Å². The smallest absolute Gasteiger partial charge is 0.241 e. The standard InChI is InChI=1S/C19H23FN2O4S/c1-14(2)26-18-10-4-15(5-11-18)12-21-19(23)13-22(27(3,24)25)17-8-6-16(20)7-9-17/h4-11,14H,12-13H2,1-3H3,(H,21,23). The first-order chi connectivity index (χ1) is 12.6. The number of amides is 1. The van der Waals surface area contributed by atoms with E-state index >= 15 is 0 Å². The highest BCUT2D eigenvalue weighted by molar-refractivity contribution is 7.92. The Kier molecular flexibility index (Phi) is 6.79. The molecule has 1 amide bonds. The molecule has 0 unspecified atom stereocenters. The molecule has 6 nitrogen and oxygen atoms in total. The van der Waals surface area contributed by atoms with Crippen molar-refractivity contribution in [3.8, 4) is 5.75 Å². The van der Waals surface area contributed by atoms with E-state index in [0.29, 0.717) is 0 Å². The first-order valence-electron chi connectivity index (χ1n) is 8.41. The third-order valence-corrected chi connectivity index (χ3v) is 4.73. The van der Waals surface area contributed by atoms with Crippen LogP contribution in [0.15, 0.2) is 48.5 Å². The minimum Gasteiger partial charge on any atom is -0.491 e. The molecule has 8 heteroatoms. The van der Waals surface area contributed by atoms with Crippen LogP contribution in [0.3, 0.4) is 0 Å². The van der Waals surface area contributed by atoms with Crippen LogP contribution in [0.25, 0.3) is 0 Å². The lowest BCUT2D eigenvalue weighted by atomic mass is 10.2. The Hall–Kier alpha value is -2.61. The molecule has 0 saturated carbocycles. The number of anilines is 1. The van der Waals surface area contributed by atoms with Gasteiger partial charge in [0.25, 0.3) is 0 Å². The molecule has 0 atom stereocenters. The van der Waals surface area contributed by atoms with Crippen LogP contribution in [-0.2, 0) is 21.4 Å². The van der Waals surface area contributed by atoms with E-state index in [9.17, 15) is 17.6 Å². The Morgan fingerprint density at radius 3 is 2.22 bits per heavy atom. The van der Waals surface area contributed by atoms with Gasteiger partial charge in [-0.05, 0) is 55.8 Å². The van der Waals surface area contributed by atoms with Gasteiger partial charge in [0.2, 0.25) is 15.9 Å². The number of nitrogens with one attached hydrogen (secondary N) is 1. The van der Waals surface area contributed by atoms with E-state index < -0.39 is 21.7 Å². The second-order valence-corrected chi connectivity index (χ2v) is 8.24. The van der Waals surface area contributed by atoms with Crippen molar-refractivity contribution in [1.29, 1.82) is 0 Å². The monoisotopic (exact) mass is 394 g/mol. The lowest BCUT2D eigenvalue weighted by molar-refractivity contribution is -0.119. The van der Waals surface area contributed by atoms with Crippen LogP contribution in [0.2, 0.25) is 0 Å². The quantitative estimate of drug-likeness (QED) is 0.747. The summed E-state index contributed by atoms with van der Waals surface area (Å²) in [5.74, 6) is -0.214. The van der Waals surface area contributed by atoms with Gasteiger partial charge in [-0.15, -0.1) is 0 Å². The molecule has 0 aliphatic rings. The fourth-order valence-electron chi connectivity index (χ4n) is 2.35. The number of rotatable bonds is 8. The van der Waals surface area contributed by atoms with Crippen molar-refractivity contribution >= 4 is 21.6 Å². The maximum atomic E-state index is 13.1. The Morgan fingerprint density at radius 1 is 1.11 bits per heavy atom. The maximum absolute atomic E-state index is 13.1. The van der Waals surface area contributed by atoms with E-state index in [1.165, 1.54) is 12.1 Å². The van der Waals surface area contributed by atoms with Crippen molar-refractivity contribution in [3.63, 3.8) is 0 Å². The minimum absolute atomic E-state index is 0.0731. The first-order valence-corrected chi connectivity index (χ1v) is 10.3. The van der Waals surface area contributed by atoms with Crippen LogP contribution >= 0.6 is 0 Å². The zero-order valence-electron chi connectivity index (χ0n) is 15.5. The molecule has 2 rings (SSSR count). The molecule has 0 aliphatic heterocycles. The number of ether oxygens (including phenoxy) is 1. The van der Waals surface area contributed by atoms with Crippen molar-refractivity contribution < 1.29 is 22.3 Å². The second kappa shape index (κ2) is 8.85. The fourth-order valence-corrected chi connectivity index (χ4v) is 3.21. The summed E-state index contributed by atoms with van der Waals surface area (Å²) in [4.78, 5) is 12.2. The average molecular weight is 394 g/mol. The van der Waals surface area contributed by atoms with Gasteiger partial charge >= 0.3 is 0 Å². The van der Waals surface area contributed by atoms with E-state index in [-0.39, 0.29) is 24.9 Å². The molecular formula is C19H23FN2O4S. The number of nitrogens with zero attached hydrogens (tertiary/aromatic N) is 1. The minimum atomic E-state index is -3.69. The molecule has 0 saturated heterocycles. The number of carbonyl (C=O) groups is 1. The number of carbonyl (C=O) groups excluding carboxylic acids is 1. The molecule has 2 aromatic carbocycles.